The lowest BCUT2D eigenvalue weighted by Crippen LogP contribution is -2.05. The minimum absolute atomic E-state index is 0.272. The molecule has 1 aromatic heterocycles. The number of rotatable bonds is 1. The smallest absolute Gasteiger partial charge is 0.359 e. The maximum Gasteiger partial charge on any atom is 0.416 e. The highest BCUT2D eigenvalue weighted by molar-refractivity contribution is 6.00. The van der Waals surface area contributed by atoms with Crippen LogP contribution in [0.5, 0.6) is 0 Å². The summed E-state index contributed by atoms with van der Waals surface area (Å²) in [5.41, 5.74) is 0.0889. The van der Waals surface area contributed by atoms with Gasteiger partial charge in [-0.05, 0) is 12.1 Å². The topological polar surface area (TPSA) is 44.9 Å². The Balaban J connectivity index is 2.48. The minimum atomic E-state index is -4.37. The van der Waals surface area contributed by atoms with Crippen LogP contribution in [0.1, 0.15) is 12.5 Å². The average Bonchev–Trinajstić information content (AvgIpc) is 2.59. The van der Waals surface area contributed by atoms with Gasteiger partial charge < -0.3 is 10.3 Å². The first-order valence-corrected chi connectivity index (χ1v) is 4.84. The van der Waals surface area contributed by atoms with Gasteiger partial charge >= 0.3 is 6.18 Å². The van der Waals surface area contributed by atoms with Crippen LogP contribution in [0.2, 0.25) is 0 Å². The van der Waals surface area contributed by atoms with Crippen molar-refractivity contribution in [2.24, 2.45) is 0 Å². The van der Waals surface area contributed by atoms with Crippen LogP contribution in [0.15, 0.2) is 24.4 Å². The molecule has 0 atom stereocenters. The third-order valence-corrected chi connectivity index (χ3v) is 2.32. The Morgan fingerprint density at radius 3 is 2.65 bits per heavy atom. The number of anilines is 1. The Morgan fingerprint density at radius 1 is 1.35 bits per heavy atom. The number of aromatic amines is 1. The van der Waals surface area contributed by atoms with Crippen molar-refractivity contribution >= 4 is 22.5 Å². The zero-order chi connectivity index (χ0) is 12.6. The summed E-state index contributed by atoms with van der Waals surface area (Å²) in [6.07, 6.45) is -2.90. The van der Waals surface area contributed by atoms with Crippen molar-refractivity contribution in [1.29, 1.82) is 0 Å². The number of alkyl halides is 3. The second-order valence-corrected chi connectivity index (χ2v) is 3.64. The molecule has 0 unspecified atom stereocenters. The summed E-state index contributed by atoms with van der Waals surface area (Å²) in [6.45, 7) is 1.34. The summed E-state index contributed by atoms with van der Waals surface area (Å²) in [6, 6.07) is 3.34. The quantitative estimate of drug-likeness (QED) is 0.792. The summed E-state index contributed by atoms with van der Waals surface area (Å²) in [5.74, 6) is -0.272. The zero-order valence-electron chi connectivity index (χ0n) is 8.85. The van der Waals surface area contributed by atoms with E-state index in [2.05, 4.69) is 10.3 Å². The molecule has 2 aromatic rings. The first kappa shape index (κ1) is 11.5. The molecule has 0 saturated heterocycles. The molecule has 0 aliphatic rings. The monoisotopic (exact) mass is 242 g/mol. The minimum Gasteiger partial charge on any atom is -0.359 e. The van der Waals surface area contributed by atoms with Crippen LogP contribution < -0.4 is 5.32 Å². The lowest BCUT2D eigenvalue weighted by molar-refractivity contribution is -0.137. The fourth-order valence-electron chi connectivity index (χ4n) is 1.60. The van der Waals surface area contributed by atoms with Gasteiger partial charge in [-0.2, -0.15) is 13.2 Å². The predicted octanol–water partition coefficient (Wildman–Crippen LogP) is 3.15. The summed E-state index contributed by atoms with van der Waals surface area (Å²) >= 11 is 0. The Hall–Kier alpha value is -1.98. The van der Waals surface area contributed by atoms with Crippen molar-refractivity contribution in [1.82, 2.24) is 4.98 Å². The van der Waals surface area contributed by atoms with Crippen LogP contribution in [0.25, 0.3) is 10.9 Å². The van der Waals surface area contributed by atoms with Gasteiger partial charge in [-0.3, -0.25) is 4.79 Å². The zero-order valence-corrected chi connectivity index (χ0v) is 8.85. The summed E-state index contributed by atoms with van der Waals surface area (Å²) in [7, 11) is 0. The molecule has 0 aliphatic carbocycles. The first-order chi connectivity index (χ1) is 7.88. The second kappa shape index (κ2) is 3.80. The number of fused-ring (bicyclic) bond motifs is 1. The molecule has 1 amide bonds. The number of carbonyl (C=O) groups excluding carboxylic acids is 1. The maximum atomic E-state index is 12.4. The largest absolute Gasteiger partial charge is 0.416 e. The molecule has 0 spiro atoms. The lowest BCUT2D eigenvalue weighted by atomic mass is 10.1. The van der Waals surface area contributed by atoms with Crippen molar-refractivity contribution in [3.63, 3.8) is 0 Å². The normalized spacial score (nSPS) is 11.8. The maximum absolute atomic E-state index is 12.4. The lowest BCUT2D eigenvalue weighted by Gasteiger charge is -2.06. The number of H-pyrrole nitrogens is 1. The highest BCUT2D eigenvalue weighted by atomic mass is 19.4. The van der Waals surface area contributed by atoms with Gasteiger partial charge in [-0.15, -0.1) is 0 Å². The Bertz CT molecular complexity index is 572. The second-order valence-electron chi connectivity index (χ2n) is 3.64. The molecule has 0 radical (unpaired) electrons. The van der Waals surface area contributed by atoms with Gasteiger partial charge in [0.05, 0.1) is 11.3 Å². The fourth-order valence-corrected chi connectivity index (χ4v) is 1.60. The van der Waals surface area contributed by atoms with Crippen molar-refractivity contribution in [3.8, 4) is 0 Å². The number of carbonyl (C=O) groups is 1. The van der Waals surface area contributed by atoms with E-state index < -0.39 is 11.7 Å². The summed E-state index contributed by atoms with van der Waals surface area (Å²) < 4.78 is 37.3. The molecule has 0 fully saturated rings. The Kier molecular flexibility index (Phi) is 2.57. The van der Waals surface area contributed by atoms with Gasteiger partial charge in [-0.25, -0.2) is 0 Å². The van der Waals surface area contributed by atoms with Crippen LogP contribution in [0.4, 0.5) is 18.9 Å². The van der Waals surface area contributed by atoms with Gasteiger partial charge in [0.2, 0.25) is 5.91 Å². The van der Waals surface area contributed by atoms with Gasteiger partial charge in [-0.1, -0.05) is 6.07 Å². The number of nitrogens with one attached hydrogen (secondary N) is 2. The van der Waals surface area contributed by atoms with Crippen LogP contribution in [0.3, 0.4) is 0 Å². The van der Waals surface area contributed by atoms with Crippen LogP contribution in [0, 0.1) is 0 Å². The number of aromatic nitrogens is 1. The molecule has 2 N–H and O–H groups in total. The van der Waals surface area contributed by atoms with Gasteiger partial charge in [0.15, 0.2) is 0 Å². The molecule has 0 saturated carbocycles. The van der Waals surface area contributed by atoms with E-state index in [1.165, 1.54) is 19.2 Å². The predicted molar refractivity (Wildman–Crippen MR) is 57.6 cm³/mol. The fraction of sp³-hybridized carbons (Fsp3) is 0.182. The van der Waals surface area contributed by atoms with E-state index in [-0.39, 0.29) is 5.91 Å². The highest BCUT2D eigenvalue weighted by Gasteiger charge is 2.30. The van der Waals surface area contributed by atoms with Crippen LogP contribution >= 0.6 is 0 Å². The van der Waals surface area contributed by atoms with Crippen molar-refractivity contribution < 1.29 is 18.0 Å². The Labute approximate surface area is 94.6 Å². The third-order valence-electron chi connectivity index (χ3n) is 2.32. The molecular weight excluding hydrogens is 233 g/mol. The van der Waals surface area contributed by atoms with Crippen molar-refractivity contribution in [3.05, 3.63) is 30.0 Å². The molecular formula is C11H9F3N2O. The van der Waals surface area contributed by atoms with Crippen molar-refractivity contribution in [2.45, 2.75) is 13.1 Å². The first-order valence-electron chi connectivity index (χ1n) is 4.84. The molecule has 6 heteroatoms. The standard InChI is InChI=1S/C11H9F3N2O/c1-6(17)16-10-5-15-9-4-7(11(12,13)14)2-3-8(9)10/h2-5,15H,1H3,(H,16,17). The van der Waals surface area contributed by atoms with Gasteiger partial charge in [0.1, 0.15) is 0 Å². The van der Waals surface area contributed by atoms with Crippen LogP contribution in [-0.2, 0) is 11.0 Å². The molecule has 2 rings (SSSR count). The van der Waals surface area contributed by atoms with Gasteiger partial charge in [0.25, 0.3) is 0 Å². The van der Waals surface area contributed by atoms with Gasteiger partial charge in [0, 0.05) is 24.0 Å². The molecule has 1 heterocycles. The summed E-state index contributed by atoms with van der Waals surface area (Å²) in [4.78, 5) is 13.6. The third kappa shape index (κ3) is 2.25. The number of amides is 1. The van der Waals surface area contributed by atoms with E-state index in [0.29, 0.717) is 16.6 Å². The molecule has 90 valence electrons. The van der Waals surface area contributed by atoms with E-state index in [4.69, 9.17) is 0 Å². The number of hydrogen-bond acceptors (Lipinski definition) is 1. The highest BCUT2D eigenvalue weighted by Crippen LogP contribution is 2.33. The SMILES string of the molecule is CC(=O)Nc1c[nH]c2cc(C(F)(F)F)ccc12. The molecule has 0 aliphatic heterocycles. The molecule has 0 bridgehead atoms. The number of benzene rings is 1. The molecule has 1 aromatic carbocycles. The van der Waals surface area contributed by atoms with Crippen molar-refractivity contribution in [2.75, 3.05) is 5.32 Å². The molecule has 17 heavy (non-hydrogen) atoms. The number of hydrogen-bond donors (Lipinski definition) is 2. The van der Waals surface area contributed by atoms with E-state index in [1.807, 2.05) is 0 Å². The average molecular weight is 242 g/mol. The molecule has 3 nitrogen and oxygen atoms in total. The van der Waals surface area contributed by atoms with E-state index in [0.717, 1.165) is 12.1 Å². The van der Waals surface area contributed by atoms with E-state index in [1.54, 1.807) is 0 Å². The van der Waals surface area contributed by atoms with E-state index >= 15 is 0 Å². The van der Waals surface area contributed by atoms with Crippen LogP contribution in [-0.4, -0.2) is 10.9 Å². The number of halogens is 3. The summed E-state index contributed by atoms with van der Waals surface area (Å²) in [5, 5.41) is 3.08. The van der Waals surface area contributed by atoms with E-state index in [9.17, 15) is 18.0 Å². The Morgan fingerprint density at radius 2 is 2.06 bits per heavy atom.